The lowest BCUT2D eigenvalue weighted by atomic mass is 10.1. The average Bonchev–Trinajstić information content (AvgIpc) is 3.12. The number of phenols is 1. The van der Waals surface area contributed by atoms with Gasteiger partial charge in [-0.1, -0.05) is 6.07 Å². The second-order valence-electron chi connectivity index (χ2n) is 6.51. The highest BCUT2D eigenvalue weighted by Gasteiger charge is 2.20. The van der Waals surface area contributed by atoms with Crippen LogP contribution in [0.15, 0.2) is 58.4 Å². The van der Waals surface area contributed by atoms with E-state index in [1.807, 2.05) is 0 Å². The van der Waals surface area contributed by atoms with Gasteiger partial charge in [-0.3, -0.25) is 9.52 Å². The van der Waals surface area contributed by atoms with E-state index < -0.39 is 21.7 Å². The maximum absolute atomic E-state index is 12.9. The number of phenolic OH excluding ortho intramolecular Hbond substituents is 1. The van der Waals surface area contributed by atoms with Crippen LogP contribution in [-0.2, 0) is 14.8 Å². The quantitative estimate of drug-likeness (QED) is 0.346. The van der Waals surface area contributed by atoms with Gasteiger partial charge in [-0.15, -0.1) is 0 Å². The zero-order valence-corrected chi connectivity index (χ0v) is 16.9. The number of sulfonamides is 1. The van der Waals surface area contributed by atoms with Crippen LogP contribution in [0.25, 0.3) is 21.8 Å². The molecule has 31 heavy (non-hydrogen) atoms. The number of benzene rings is 2. The zero-order valence-electron chi connectivity index (χ0n) is 16.1. The molecule has 2 heterocycles. The summed E-state index contributed by atoms with van der Waals surface area (Å²) in [7, 11) is -4.02. The monoisotopic (exact) mass is 443 g/mol. The summed E-state index contributed by atoms with van der Waals surface area (Å²) in [4.78, 5) is 29.4. The molecule has 0 unspecified atom stereocenters. The van der Waals surface area contributed by atoms with E-state index in [0.29, 0.717) is 10.9 Å². The fourth-order valence-corrected chi connectivity index (χ4v) is 4.22. The molecule has 0 saturated heterocycles. The number of nitrogens with one attached hydrogen (secondary N) is 3. The lowest BCUT2D eigenvalue weighted by molar-refractivity contribution is 0.105. The molecule has 11 heteroatoms. The third-order valence-electron chi connectivity index (χ3n) is 4.44. The van der Waals surface area contributed by atoms with Crippen LogP contribution in [0.4, 0.5) is 10.5 Å². The van der Waals surface area contributed by atoms with Gasteiger partial charge >= 0.3 is 6.16 Å². The molecule has 0 fully saturated rings. The van der Waals surface area contributed by atoms with E-state index in [1.165, 1.54) is 48.7 Å². The summed E-state index contributed by atoms with van der Waals surface area (Å²) in [5.74, 6) is -0.0638. The highest BCUT2D eigenvalue weighted by Crippen LogP contribution is 2.32. The minimum absolute atomic E-state index is 0.0278. The van der Waals surface area contributed by atoms with E-state index in [0.717, 1.165) is 0 Å². The summed E-state index contributed by atoms with van der Waals surface area (Å²) < 4.78 is 38.1. The summed E-state index contributed by atoms with van der Waals surface area (Å²) in [5, 5.41) is 10.1. The van der Waals surface area contributed by atoms with Crippen LogP contribution < -0.4 is 15.0 Å². The molecule has 2 aromatic carbocycles. The molecule has 0 spiro atoms. The van der Waals surface area contributed by atoms with Gasteiger partial charge in [0.25, 0.3) is 15.6 Å². The Bertz CT molecular complexity index is 1470. The van der Waals surface area contributed by atoms with Crippen molar-refractivity contribution in [2.75, 3.05) is 11.3 Å². The number of rotatable bonds is 5. The van der Waals surface area contributed by atoms with Gasteiger partial charge in [-0.25, -0.2) is 13.2 Å². The number of carbonyl (C=O) groups excluding carboxylic acids is 1. The van der Waals surface area contributed by atoms with Crippen LogP contribution >= 0.6 is 0 Å². The fraction of sp³-hybridized carbons (Fsp3) is 0.100. The largest absolute Gasteiger partial charge is 0.513 e. The van der Waals surface area contributed by atoms with Gasteiger partial charge in [-0.2, -0.15) is 0 Å². The first-order chi connectivity index (χ1) is 14.8. The molecule has 0 atom stereocenters. The molecule has 2 aromatic heterocycles. The molecule has 0 saturated carbocycles. The van der Waals surface area contributed by atoms with Gasteiger partial charge in [0, 0.05) is 23.2 Å². The van der Waals surface area contributed by atoms with E-state index >= 15 is 0 Å². The summed E-state index contributed by atoms with van der Waals surface area (Å²) in [5.41, 5.74) is 0.179. The van der Waals surface area contributed by atoms with Crippen LogP contribution in [-0.4, -0.2) is 36.3 Å². The first kappa shape index (κ1) is 20.3. The number of fused-ring (bicyclic) bond motifs is 3. The second kappa shape index (κ2) is 7.69. The Labute approximate surface area is 175 Å². The normalized spacial score (nSPS) is 11.5. The van der Waals surface area contributed by atoms with Crippen molar-refractivity contribution in [3.8, 4) is 11.5 Å². The van der Waals surface area contributed by atoms with Crippen molar-refractivity contribution >= 4 is 43.7 Å². The summed E-state index contributed by atoms with van der Waals surface area (Å²) in [6, 6.07) is 9.79. The molecule has 0 aliphatic carbocycles. The maximum atomic E-state index is 12.9. The van der Waals surface area contributed by atoms with Crippen molar-refractivity contribution in [1.82, 2.24) is 9.97 Å². The molecule has 4 aromatic rings. The lowest BCUT2D eigenvalue weighted by Gasteiger charge is -2.10. The molecule has 0 bridgehead atoms. The average molecular weight is 443 g/mol. The third kappa shape index (κ3) is 3.90. The van der Waals surface area contributed by atoms with Gasteiger partial charge in [0.1, 0.15) is 11.3 Å². The molecular weight excluding hydrogens is 426 g/mol. The van der Waals surface area contributed by atoms with Gasteiger partial charge in [-0.05, 0) is 37.3 Å². The number of H-pyrrole nitrogens is 2. The summed E-state index contributed by atoms with van der Waals surface area (Å²) in [6.07, 6.45) is 0.369. The number of ether oxygens (including phenoxy) is 2. The number of anilines is 1. The molecular formula is C20H17N3O7S. The molecule has 4 N–H and O–H groups in total. The topological polar surface area (TPSA) is 151 Å². The highest BCUT2D eigenvalue weighted by molar-refractivity contribution is 7.92. The third-order valence-corrected chi connectivity index (χ3v) is 5.82. The molecule has 0 amide bonds. The van der Waals surface area contributed by atoms with Gasteiger partial charge in [0.2, 0.25) is 0 Å². The first-order valence-corrected chi connectivity index (χ1v) is 10.6. The van der Waals surface area contributed by atoms with Gasteiger partial charge < -0.3 is 24.5 Å². The van der Waals surface area contributed by atoms with Crippen molar-refractivity contribution in [2.45, 2.75) is 11.8 Å². The Balaban J connectivity index is 1.84. The smallest absolute Gasteiger partial charge is 0.508 e. The first-order valence-electron chi connectivity index (χ1n) is 9.12. The minimum Gasteiger partial charge on any atom is -0.508 e. The van der Waals surface area contributed by atoms with E-state index in [2.05, 4.69) is 14.7 Å². The van der Waals surface area contributed by atoms with Crippen molar-refractivity contribution in [2.24, 2.45) is 0 Å². The second-order valence-corrected chi connectivity index (χ2v) is 8.19. The molecule has 0 aliphatic rings. The van der Waals surface area contributed by atoms with Gasteiger partial charge in [0.05, 0.1) is 22.6 Å². The number of carbonyl (C=O) groups is 1. The summed E-state index contributed by atoms with van der Waals surface area (Å²) in [6.45, 7) is 1.72. The minimum atomic E-state index is -4.02. The highest BCUT2D eigenvalue weighted by atomic mass is 32.2. The van der Waals surface area contributed by atoms with Crippen LogP contribution in [0.3, 0.4) is 0 Å². The van der Waals surface area contributed by atoms with Crippen molar-refractivity contribution in [3.05, 3.63) is 59.0 Å². The standard InChI is InChI=1S/C20H17N3O7S/c1-2-29-20(26)30-16-10-21-18-17(16)14-9-13(6-7-15(14)22-19(18)25)31(27,28)23-11-4-3-5-12(24)8-11/h3-10,21,23-24H,2H2,1H3,(H,22,25). The van der Waals surface area contributed by atoms with E-state index in [1.54, 1.807) is 6.92 Å². The SMILES string of the molecule is CCOC(=O)Oc1c[nH]c2c(=O)[nH]c3ccc(S(=O)(=O)Nc4cccc(O)c4)cc3c12. The van der Waals surface area contributed by atoms with E-state index in [4.69, 9.17) is 9.47 Å². The number of aromatic amines is 2. The Kier molecular flexibility index (Phi) is 5.03. The fourth-order valence-electron chi connectivity index (χ4n) is 3.14. The number of aromatic nitrogens is 2. The number of hydrogen-bond acceptors (Lipinski definition) is 7. The number of aromatic hydroxyl groups is 1. The molecule has 160 valence electrons. The maximum Gasteiger partial charge on any atom is 0.513 e. The Morgan fingerprint density at radius 1 is 1.19 bits per heavy atom. The summed E-state index contributed by atoms with van der Waals surface area (Å²) >= 11 is 0. The van der Waals surface area contributed by atoms with Crippen molar-refractivity contribution in [3.63, 3.8) is 0 Å². The Morgan fingerprint density at radius 2 is 2.00 bits per heavy atom. The lowest BCUT2D eigenvalue weighted by Crippen LogP contribution is -2.13. The Morgan fingerprint density at radius 3 is 2.74 bits per heavy atom. The van der Waals surface area contributed by atoms with Crippen molar-refractivity contribution < 1.29 is 27.8 Å². The Hall–Kier alpha value is -3.99. The van der Waals surface area contributed by atoms with Gasteiger partial charge in [0.15, 0.2) is 5.75 Å². The number of pyridine rings is 1. The van der Waals surface area contributed by atoms with E-state index in [-0.39, 0.29) is 39.6 Å². The van der Waals surface area contributed by atoms with Crippen LogP contribution in [0, 0.1) is 0 Å². The molecule has 0 aliphatic heterocycles. The van der Waals surface area contributed by atoms with E-state index in [9.17, 15) is 23.1 Å². The van der Waals surface area contributed by atoms with Crippen LogP contribution in [0.1, 0.15) is 6.92 Å². The molecule has 10 nitrogen and oxygen atoms in total. The molecule has 4 rings (SSSR count). The van der Waals surface area contributed by atoms with Crippen LogP contribution in [0.2, 0.25) is 0 Å². The van der Waals surface area contributed by atoms with Crippen molar-refractivity contribution in [1.29, 1.82) is 0 Å². The predicted molar refractivity (Wildman–Crippen MR) is 113 cm³/mol. The number of hydrogen-bond donors (Lipinski definition) is 4. The van der Waals surface area contributed by atoms with Crippen LogP contribution in [0.5, 0.6) is 11.5 Å². The molecule has 0 radical (unpaired) electrons. The predicted octanol–water partition coefficient (Wildman–Crippen LogP) is 3.05. The zero-order chi connectivity index (χ0) is 22.2.